The van der Waals surface area contributed by atoms with Gasteiger partial charge in [0.15, 0.2) is 11.6 Å². The Morgan fingerprint density at radius 3 is 2.47 bits per heavy atom. The van der Waals surface area contributed by atoms with Crippen LogP contribution in [0.4, 0.5) is 17.6 Å². The van der Waals surface area contributed by atoms with Crippen molar-refractivity contribution in [3.63, 3.8) is 0 Å². The van der Waals surface area contributed by atoms with E-state index in [1.165, 1.54) is 6.07 Å². The van der Waals surface area contributed by atoms with Crippen molar-refractivity contribution in [2.75, 3.05) is 0 Å². The van der Waals surface area contributed by atoms with Crippen LogP contribution in [0, 0.1) is 5.82 Å². The molecule has 1 aromatic carbocycles. The van der Waals surface area contributed by atoms with Crippen LogP contribution in [-0.2, 0) is 0 Å². The van der Waals surface area contributed by atoms with E-state index >= 15 is 0 Å². The quantitative estimate of drug-likeness (QED) is 0.830. The van der Waals surface area contributed by atoms with Crippen LogP contribution in [0.15, 0.2) is 18.2 Å². The number of halogens is 4. The summed E-state index contributed by atoms with van der Waals surface area (Å²) in [7, 11) is 0. The Morgan fingerprint density at radius 1 is 1.35 bits per heavy atom. The van der Waals surface area contributed by atoms with Gasteiger partial charge in [0.25, 0.3) is 0 Å². The number of benzene rings is 1. The molecule has 96 valence electrons. The summed E-state index contributed by atoms with van der Waals surface area (Å²) in [6.07, 6.45) is -4.71. The molecular formula is C11H12F4O2. The van der Waals surface area contributed by atoms with Gasteiger partial charge in [-0.3, -0.25) is 0 Å². The molecule has 0 spiro atoms. The van der Waals surface area contributed by atoms with Gasteiger partial charge >= 0.3 is 6.36 Å². The minimum Gasteiger partial charge on any atom is -0.403 e. The number of hydrogen-bond acceptors (Lipinski definition) is 2. The average Bonchev–Trinajstić information content (AvgIpc) is 2.19. The van der Waals surface area contributed by atoms with Crippen LogP contribution >= 0.6 is 0 Å². The number of hydrogen-bond donors (Lipinski definition) is 1. The van der Waals surface area contributed by atoms with E-state index in [2.05, 4.69) is 4.74 Å². The zero-order valence-corrected chi connectivity index (χ0v) is 9.09. The summed E-state index contributed by atoms with van der Waals surface area (Å²) >= 11 is 0. The van der Waals surface area contributed by atoms with Crippen molar-refractivity contribution in [3.8, 4) is 5.75 Å². The van der Waals surface area contributed by atoms with Crippen molar-refractivity contribution < 1.29 is 27.4 Å². The fourth-order valence-corrected chi connectivity index (χ4v) is 1.37. The van der Waals surface area contributed by atoms with E-state index in [4.69, 9.17) is 0 Å². The zero-order valence-electron chi connectivity index (χ0n) is 9.09. The topological polar surface area (TPSA) is 29.5 Å². The van der Waals surface area contributed by atoms with Gasteiger partial charge < -0.3 is 9.84 Å². The number of rotatable bonds is 4. The maximum Gasteiger partial charge on any atom is 0.573 e. The predicted octanol–water partition coefficient (Wildman–Crippen LogP) is 3.56. The minimum atomic E-state index is -4.93. The van der Waals surface area contributed by atoms with Crippen molar-refractivity contribution in [2.45, 2.75) is 32.2 Å². The van der Waals surface area contributed by atoms with Gasteiger partial charge in [-0.2, -0.15) is 0 Å². The highest BCUT2D eigenvalue weighted by Crippen LogP contribution is 2.28. The Kier molecular flexibility index (Phi) is 4.34. The van der Waals surface area contributed by atoms with Crippen LogP contribution in [0.25, 0.3) is 0 Å². The molecule has 0 saturated carbocycles. The van der Waals surface area contributed by atoms with Crippen LogP contribution in [0.1, 0.15) is 31.4 Å². The van der Waals surface area contributed by atoms with Crippen LogP contribution in [0.5, 0.6) is 5.75 Å². The van der Waals surface area contributed by atoms with Crippen LogP contribution in [0.3, 0.4) is 0 Å². The molecular weight excluding hydrogens is 240 g/mol. The monoisotopic (exact) mass is 252 g/mol. The number of aliphatic hydroxyl groups is 1. The Balaban J connectivity index is 2.86. The molecule has 0 amide bonds. The molecule has 6 heteroatoms. The van der Waals surface area contributed by atoms with Crippen molar-refractivity contribution >= 4 is 0 Å². The minimum absolute atomic E-state index is 0.235. The molecule has 0 aliphatic heterocycles. The normalized spacial score (nSPS) is 13.5. The summed E-state index contributed by atoms with van der Waals surface area (Å²) in [4.78, 5) is 0. The van der Waals surface area contributed by atoms with Crippen molar-refractivity contribution in [3.05, 3.63) is 29.6 Å². The van der Waals surface area contributed by atoms with Crippen LogP contribution < -0.4 is 4.74 Å². The third kappa shape index (κ3) is 4.22. The SMILES string of the molecule is CCC[C@H](O)c1ccc(OC(F)(F)F)c(F)c1. The third-order valence-corrected chi connectivity index (χ3v) is 2.13. The van der Waals surface area contributed by atoms with E-state index in [-0.39, 0.29) is 5.56 Å². The second-order valence-electron chi connectivity index (χ2n) is 3.54. The van der Waals surface area contributed by atoms with E-state index < -0.39 is 24.0 Å². The molecule has 0 aromatic heterocycles. The van der Waals surface area contributed by atoms with E-state index in [1.807, 2.05) is 6.92 Å². The molecule has 0 aliphatic rings. The van der Waals surface area contributed by atoms with Gasteiger partial charge in [0.1, 0.15) is 0 Å². The largest absolute Gasteiger partial charge is 0.573 e. The number of aliphatic hydroxyl groups excluding tert-OH is 1. The molecule has 0 heterocycles. The average molecular weight is 252 g/mol. The second kappa shape index (κ2) is 5.35. The lowest BCUT2D eigenvalue weighted by atomic mass is 10.1. The maximum absolute atomic E-state index is 13.2. The predicted molar refractivity (Wildman–Crippen MR) is 53.0 cm³/mol. The van der Waals surface area contributed by atoms with Gasteiger partial charge in [-0.05, 0) is 24.1 Å². The molecule has 1 atom stereocenters. The molecule has 0 aliphatic carbocycles. The van der Waals surface area contributed by atoms with E-state index in [9.17, 15) is 22.7 Å². The van der Waals surface area contributed by atoms with Crippen molar-refractivity contribution in [1.82, 2.24) is 0 Å². The summed E-state index contributed by atoms with van der Waals surface area (Å²) in [5.41, 5.74) is 0.235. The number of ether oxygens (including phenoxy) is 1. The Morgan fingerprint density at radius 2 is 2.00 bits per heavy atom. The number of alkyl halides is 3. The molecule has 17 heavy (non-hydrogen) atoms. The molecule has 1 aromatic rings. The molecule has 1 N–H and O–H groups in total. The summed E-state index contributed by atoms with van der Waals surface area (Å²) in [5, 5.41) is 9.54. The first kappa shape index (κ1) is 13.8. The zero-order chi connectivity index (χ0) is 13.1. The highest BCUT2D eigenvalue weighted by molar-refractivity contribution is 5.30. The van der Waals surface area contributed by atoms with Gasteiger partial charge in [0.05, 0.1) is 6.10 Å². The highest BCUT2D eigenvalue weighted by Gasteiger charge is 2.32. The Labute approximate surface area is 95.8 Å². The fraction of sp³-hybridized carbons (Fsp3) is 0.455. The first-order valence-electron chi connectivity index (χ1n) is 5.06. The molecule has 1 rings (SSSR count). The molecule has 2 nitrogen and oxygen atoms in total. The van der Waals surface area contributed by atoms with E-state index in [1.54, 1.807) is 0 Å². The Bertz CT molecular complexity index is 376. The lowest BCUT2D eigenvalue weighted by Gasteiger charge is -2.13. The van der Waals surface area contributed by atoms with Gasteiger partial charge in [-0.1, -0.05) is 19.4 Å². The lowest BCUT2D eigenvalue weighted by Crippen LogP contribution is -2.18. The van der Waals surface area contributed by atoms with Crippen LogP contribution in [0.2, 0.25) is 0 Å². The van der Waals surface area contributed by atoms with E-state index in [0.29, 0.717) is 12.8 Å². The standard InChI is InChI=1S/C11H12F4O2/c1-2-3-9(16)7-4-5-10(8(12)6-7)17-11(13,14)15/h4-6,9,16H,2-3H2,1H3/t9-/m0/s1. The first-order valence-corrected chi connectivity index (χ1v) is 5.06. The van der Waals surface area contributed by atoms with Crippen molar-refractivity contribution in [2.24, 2.45) is 0 Å². The van der Waals surface area contributed by atoms with Gasteiger partial charge in [0.2, 0.25) is 0 Å². The molecule has 0 unspecified atom stereocenters. The molecule has 0 fully saturated rings. The first-order chi connectivity index (χ1) is 7.83. The third-order valence-electron chi connectivity index (χ3n) is 2.13. The second-order valence-corrected chi connectivity index (χ2v) is 3.54. The summed E-state index contributed by atoms with van der Waals surface area (Å²) in [5.74, 6) is -2.04. The lowest BCUT2D eigenvalue weighted by molar-refractivity contribution is -0.275. The fourth-order valence-electron chi connectivity index (χ4n) is 1.37. The summed E-state index contributed by atoms with van der Waals surface area (Å²) < 4.78 is 52.3. The highest BCUT2D eigenvalue weighted by atomic mass is 19.4. The van der Waals surface area contributed by atoms with E-state index in [0.717, 1.165) is 12.1 Å². The summed E-state index contributed by atoms with van der Waals surface area (Å²) in [6.45, 7) is 1.83. The van der Waals surface area contributed by atoms with Crippen molar-refractivity contribution in [1.29, 1.82) is 0 Å². The Hall–Kier alpha value is -1.30. The van der Waals surface area contributed by atoms with Gasteiger partial charge in [-0.15, -0.1) is 13.2 Å². The molecule has 0 saturated heterocycles. The summed E-state index contributed by atoms with van der Waals surface area (Å²) in [6, 6.07) is 2.92. The molecule has 0 bridgehead atoms. The van der Waals surface area contributed by atoms with Gasteiger partial charge in [0, 0.05) is 0 Å². The van der Waals surface area contributed by atoms with Crippen LogP contribution in [-0.4, -0.2) is 11.5 Å². The van der Waals surface area contributed by atoms with Gasteiger partial charge in [-0.25, -0.2) is 4.39 Å². The maximum atomic E-state index is 13.2. The molecule has 0 radical (unpaired) electrons. The smallest absolute Gasteiger partial charge is 0.403 e.